The van der Waals surface area contributed by atoms with Crippen LogP contribution in [0.25, 0.3) is 11.0 Å². The molecule has 0 radical (unpaired) electrons. The molecule has 2 aromatic rings. The Morgan fingerprint density at radius 2 is 2.31 bits per heavy atom. The summed E-state index contributed by atoms with van der Waals surface area (Å²) in [5, 5.41) is 0. The molecule has 0 aliphatic heterocycles. The van der Waals surface area contributed by atoms with E-state index in [1.807, 2.05) is 6.92 Å². The van der Waals surface area contributed by atoms with E-state index < -0.39 is 5.97 Å². The van der Waals surface area contributed by atoms with Crippen LogP contribution in [0.15, 0.2) is 12.1 Å². The molecule has 0 saturated carbocycles. The summed E-state index contributed by atoms with van der Waals surface area (Å²) in [6, 6.07) is 3.33. The number of carbonyl (C=O) groups is 1. The Labute approximate surface area is 92.6 Å². The lowest BCUT2D eigenvalue weighted by molar-refractivity contribution is 0.0528. The highest BCUT2D eigenvalue weighted by atomic mass is 16.5. The van der Waals surface area contributed by atoms with Crippen LogP contribution in [0.1, 0.15) is 23.1 Å². The second-order valence-electron chi connectivity index (χ2n) is 3.51. The molecule has 3 N–H and O–H groups in total. The zero-order valence-electron chi connectivity index (χ0n) is 9.20. The molecule has 16 heavy (non-hydrogen) atoms. The van der Waals surface area contributed by atoms with Gasteiger partial charge in [-0.05, 0) is 26.0 Å². The normalized spacial score (nSPS) is 10.6. The molecule has 1 aromatic carbocycles. The van der Waals surface area contributed by atoms with E-state index in [4.69, 9.17) is 10.5 Å². The van der Waals surface area contributed by atoms with Crippen molar-refractivity contribution in [2.45, 2.75) is 13.8 Å². The van der Waals surface area contributed by atoms with Gasteiger partial charge in [0.1, 0.15) is 11.3 Å². The molecule has 0 amide bonds. The van der Waals surface area contributed by atoms with Gasteiger partial charge < -0.3 is 15.5 Å². The van der Waals surface area contributed by atoms with Crippen molar-refractivity contribution < 1.29 is 9.53 Å². The number of anilines is 1. The van der Waals surface area contributed by atoms with Crippen molar-refractivity contribution in [3.05, 3.63) is 23.5 Å². The minimum absolute atomic E-state index is 0.332. The van der Waals surface area contributed by atoms with Gasteiger partial charge in [-0.1, -0.05) is 0 Å². The van der Waals surface area contributed by atoms with Crippen LogP contribution in [0, 0.1) is 6.92 Å². The molecule has 1 heterocycles. The molecular formula is C11H13N3O2. The molecule has 0 spiro atoms. The Morgan fingerprint density at radius 1 is 1.56 bits per heavy atom. The van der Waals surface area contributed by atoms with Crippen LogP contribution in [0.4, 0.5) is 5.69 Å². The van der Waals surface area contributed by atoms with E-state index in [9.17, 15) is 4.79 Å². The van der Waals surface area contributed by atoms with Gasteiger partial charge in [0.15, 0.2) is 0 Å². The Morgan fingerprint density at radius 3 is 3.00 bits per heavy atom. The first kappa shape index (κ1) is 10.5. The highest BCUT2D eigenvalue weighted by Gasteiger charge is 2.14. The number of aryl methyl sites for hydroxylation is 1. The summed E-state index contributed by atoms with van der Waals surface area (Å²) >= 11 is 0. The Bertz CT molecular complexity index is 545. The van der Waals surface area contributed by atoms with E-state index in [1.54, 1.807) is 19.1 Å². The number of aromatic nitrogens is 2. The first-order valence-corrected chi connectivity index (χ1v) is 5.04. The van der Waals surface area contributed by atoms with Crippen LogP contribution in [-0.2, 0) is 4.74 Å². The summed E-state index contributed by atoms with van der Waals surface area (Å²) < 4.78 is 4.95. The second-order valence-corrected chi connectivity index (χ2v) is 3.51. The number of carbonyl (C=O) groups excluding carboxylic acids is 1. The van der Waals surface area contributed by atoms with Crippen LogP contribution in [0.2, 0.25) is 0 Å². The second kappa shape index (κ2) is 3.84. The standard InChI is InChI=1S/C11H13N3O2/c1-3-16-11(15)8-4-7(12)5-9-10(8)14-6(2)13-9/h4-5H,3,12H2,1-2H3,(H,13,14). The molecule has 0 atom stereocenters. The van der Waals surface area contributed by atoms with Gasteiger partial charge in [-0.2, -0.15) is 0 Å². The predicted octanol–water partition coefficient (Wildman–Crippen LogP) is 1.63. The van der Waals surface area contributed by atoms with Gasteiger partial charge in [0, 0.05) is 5.69 Å². The number of nitrogen functional groups attached to an aromatic ring is 1. The van der Waals surface area contributed by atoms with Crippen molar-refractivity contribution in [3.63, 3.8) is 0 Å². The number of nitrogens with two attached hydrogens (primary N) is 1. The van der Waals surface area contributed by atoms with Crippen molar-refractivity contribution in [3.8, 4) is 0 Å². The quantitative estimate of drug-likeness (QED) is 0.594. The Kier molecular flexibility index (Phi) is 2.52. The molecule has 0 aliphatic carbocycles. The van der Waals surface area contributed by atoms with Gasteiger partial charge in [0.05, 0.1) is 17.7 Å². The highest BCUT2D eigenvalue weighted by Crippen LogP contribution is 2.21. The minimum Gasteiger partial charge on any atom is -0.462 e. The molecule has 0 fully saturated rings. The zero-order valence-corrected chi connectivity index (χ0v) is 9.20. The average molecular weight is 219 g/mol. The average Bonchev–Trinajstić information content (AvgIpc) is 2.57. The summed E-state index contributed by atoms with van der Waals surface area (Å²) in [5.41, 5.74) is 7.98. The largest absolute Gasteiger partial charge is 0.462 e. The fraction of sp³-hybridized carbons (Fsp3) is 0.273. The number of nitrogens with zero attached hydrogens (tertiary/aromatic N) is 1. The number of benzene rings is 1. The van der Waals surface area contributed by atoms with Gasteiger partial charge in [-0.15, -0.1) is 0 Å². The lowest BCUT2D eigenvalue weighted by atomic mass is 10.1. The van der Waals surface area contributed by atoms with E-state index in [1.165, 1.54) is 0 Å². The molecule has 0 unspecified atom stereocenters. The first-order valence-electron chi connectivity index (χ1n) is 5.04. The smallest absolute Gasteiger partial charge is 0.340 e. The minimum atomic E-state index is -0.397. The van der Waals surface area contributed by atoms with Gasteiger partial charge in [0.2, 0.25) is 0 Å². The van der Waals surface area contributed by atoms with E-state index in [0.29, 0.717) is 23.4 Å². The number of esters is 1. The van der Waals surface area contributed by atoms with Crippen LogP contribution in [0.5, 0.6) is 0 Å². The molecule has 5 heteroatoms. The number of imidazole rings is 1. The SMILES string of the molecule is CCOC(=O)c1cc(N)cc2[nH]c(C)nc12. The van der Waals surface area contributed by atoms with Crippen molar-refractivity contribution in [2.75, 3.05) is 12.3 Å². The van der Waals surface area contributed by atoms with Crippen LogP contribution in [-0.4, -0.2) is 22.5 Å². The molecule has 5 nitrogen and oxygen atoms in total. The molecule has 84 valence electrons. The lowest BCUT2D eigenvalue weighted by Gasteiger charge is -2.03. The van der Waals surface area contributed by atoms with Crippen molar-refractivity contribution >= 4 is 22.7 Å². The Balaban J connectivity index is 2.62. The fourth-order valence-electron chi connectivity index (χ4n) is 1.63. The monoisotopic (exact) mass is 219 g/mol. The van der Waals surface area contributed by atoms with E-state index in [0.717, 1.165) is 11.3 Å². The lowest BCUT2D eigenvalue weighted by Crippen LogP contribution is -2.06. The third-order valence-corrected chi connectivity index (χ3v) is 2.22. The topological polar surface area (TPSA) is 81.0 Å². The molecular weight excluding hydrogens is 206 g/mol. The van der Waals surface area contributed by atoms with Gasteiger partial charge >= 0.3 is 5.97 Å². The van der Waals surface area contributed by atoms with E-state index >= 15 is 0 Å². The van der Waals surface area contributed by atoms with Gasteiger partial charge in [-0.3, -0.25) is 0 Å². The fourth-order valence-corrected chi connectivity index (χ4v) is 1.63. The maximum Gasteiger partial charge on any atom is 0.340 e. The molecule has 0 aliphatic rings. The number of hydrogen-bond donors (Lipinski definition) is 2. The van der Waals surface area contributed by atoms with Crippen LogP contribution >= 0.6 is 0 Å². The number of H-pyrrole nitrogens is 1. The van der Waals surface area contributed by atoms with Crippen LogP contribution < -0.4 is 5.73 Å². The molecule has 0 saturated heterocycles. The van der Waals surface area contributed by atoms with Crippen LogP contribution in [0.3, 0.4) is 0 Å². The van der Waals surface area contributed by atoms with Crippen molar-refractivity contribution in [1.29, 1.82) is 0 Å². The number of ether oxygens (including phenoxy) is 1. The summed E-state index contributed by atoms with van der Waals surface area (Å²) in [7, 11) is 0. The predicted molar refractivity (Wildman–Crippen MR) is 61.2 cm³/mol. The third kappa shape index (κ3) is 1.71. The van der Waals surface area contributed by atoms with E-state index in [-0.39, 0.29) is 0 Å². The number of fused-ring (bicyclic) bond motifs is 1. The number of aromatic amines is 1. The summed E-state index contributed by atoms with van der Waals surface area (Å²) in [5.74, 6) is 0.345. The molecule has 0 bridgehead atoms. The summed E-state index contributed by atoms with van der Waals surface area (Å²) in [6.07, 6.45) is 0. The zero-order chi connectivity index (χ0) is 11.7. The number of nitrogens with one attached hydrogen (secondary N) is 1. The molecule has 2 rings (SSSR count). The third-order valence-electron chi connectivity index (χ3n) is 2.22. The first-order chi connectivity index (χ1) is 7.61. The highest BCUT2D eigenvalue weighted by molar-refractivity contribution is 6.03. The van der Waals surface area contributed by atoms with Crippen molar-refractivity contribution in [2.24, 2.45) is 0 Å². The van der Waals surface area contributed by atoms with Gasteiger partial charge in [-0.25, -0.2) is 9.78 Å². The summed E-state index contributed by atoms with van der Waals surface area (Å²) in [6.45, 7) is 3.92. The van der Waals surface area contributed by atoms with E-state index in [2.05, 4.69) is 9.97 Å². The number of rotatable bonds is 2. The molecule has 1 aromatic heterocycles. The number of hydrogen-bond acceptors (Lipinski definition) is 4. The maximum absolute atomic E-state index is 11.7. The Hall–Kier alpha value is -2.04. The van der Waals surface area contributed by atoms with Gasteiger partial charge in [0.25, 0.3) is 0 Å². The maximum atomic E-state index is 11.7. The van der Waals surface area contributed by atoms with Crippen molar-refractivity contribution in [1.82, 2.24) is 9.97 Å². The summed E-state index contributed by atoms with van der Waals surface area (Å²) in [4.78, 5) is 19.0.